The number of pyridine rings is 1. The molecule has 0 aliphatic carbocycles. The van der Waals surface area contributed by atoms with Gasteiger partial charge in [-0.1, -0.05) is 0 Å². The Hall–Kier alpha value is -0.980. The van der Waals surface area contributed by atoms with E-state index in [-0.39, 0.29) is 6.04 Å². The van der Waals surface area contributed by atoms with Crippen LogP contribution in [0.25, 0.3) is 0 Å². The van der Waals surface area contributed by atoms with Crippen LogP contribution in [0.15, 0.2) is 18.3 Å². The SMILES string of the molecule is Cc1cc(CCC2CCCN2S(=O)(=O)N(C)C)ccn1. The molecule has 1 unspecified atom stereocenters. The Morgan fingerprint density at radius 1 is 1.45 bits per heavy atom. The van der Waals surface area contributed by atoms with Crippen LogP contribution in [0.1, 0.15) is 30.5 Å². The molecule has 20 heavy (non-hydrogen) atoms. The van der Waals surface area contributed by atoms with Gasteiger partial charge in [0.2, 0.25) is 0 Å². The Morgan fingerprint density at radius 3 is 2.85 bits per heavy atom. The molecule has 0 amide bonds. The number of aryl methyl sites for hydroxylation is 2. The third kappa shape index (κ3) is 3.37. The van der Waals surface area contributed by atoms with Gasteiger partial charge in [-0.25, -0.2) is 0 Å². The highest BCUT2D eigenvalue weighted by Gasteiger charge is 2.34. The minimum absolute atomic E-state index is 0.121. The highest BCUT2D eigenvalue weighted by atomic mass is 32.2. The van der Waals surface area contributed by atoms with Gasteiger partial charge in [0.15, 0.2) is 0 Å². The summed E-state index contributed by atoms with van der Waals surface area (Å²) in [5.74, 6) is 0. The molecule has 1 aromatic heterocycles. The number of rotatable bonds is 5. The van der Waals surface area contributed by atoms with Crippen molar-refractivity contribution in [2.24, 2.45) is 0 Å². The number of nitrogens with zero attached hydrogens (tertiary/aromatic N) is 3. The molecule has 2 rings (SSSR count). The zero-order chi connectivity index (χ0) is 14.8. The molecule has 1 aromatic rings. The zero-order valence-electron chi connectivity index (χ0n) is 12.4. The third-order valence-corrected chi connectivity index (χ3v) is 5.80. The molecule has 0 bridgehead atoms. The summed E-state index contributed by atoms with van der Waals surface area (Å²) in [6.07, 6.45) is 5.49. The highest BCUT2D eigenvalue weighted by molar-refractivity contribution is 7.86. The summed E-state index contributed by atoms with van der Waals surface area (Å²) in [5, 5.41) is 0. The maximum absolute atomic E-state index is 12.3. The van der Waals surface area contributed by atoms with Gasteiger partial charge in [0.25, 0.3) is 10.2 Å². The van der Waals surface area contributed by atoms with Crippen molar-refractivity contribution in [2.45, 2.75) is 38.6 Å². The van der Waals surface area contributed by atoms with Gasteiger partial charge in [0.05, 0.1) is 0 Å². The average molecular weight is 297 g/mol. The Bertz CT molecular complexity index is 557. The molecule has 5 nitrogen and oxygen atoms in total. The maximum atomic E-state index is 12.3. The van der Waals surface area contributed by atoms with Crippen molar-refractivity contribution in [3.8, 4) is 0 Å². The summed E-state index contributed by atoms with van der Waals surface area (Å²) in [6, 6.07) is 4.20. The first-order valence-electron chi connectivity index (χ1n) is 7.02. The van der Waals surface area contributed by atoms with E-state index >= 15 is 0 Å². The number of hydrogen-bond donors (Lipinski definition) is 0. The van der Waals surface area contributed by atoms with Crippen LogP contribution in [0, 0.1) is 6.92 Å². The summed E-state index contributed by atoms with van der Waals surface area (Å²) >= 11 is 0. The quantitative estimate of drug-likeness (QED) is 0.829. The van der Waals surface area contributed by atoms with E-state index in [1.807, 2.05) is 19.2 Å². The minimum atomic E-state index is -3.28. The fraction of sp³-hybridized carbons (Fsp3) is 0.643. The first-order valence-corrected chi connectivity index (χ1v) is 8.42. The molecular weight excluding hydrogens is 274 g/mol. The van der Waals surface area contributed by atoms with Crippen LogP contribution in [-0.2, 0) is 16.6 Å². The van der Waals surface area contributed by atoms with Crippen molar-refractivity contribution in [3.05, 3.63) is 29.6 Å². The molecule has 2 heterocycles. The second-order valence-electron chi connectivity index (χ2n) is 5.54. The van der Waals surface area contributed by atoms with E-state index in [9.17, 15) is 8.42 Å². The smallest absolute Gasteiger partial charge is 0.262 e. The van der Waals surface area contributed by atoms with Crippen LogP contribution >= 0.6 is 0 Å². The van der Waals surface area contributed by atoms with E-state index < -0.39 is 10.2 Å². The predicted molar refractivity (Wildman–Crippen MR) is 79.6 cm³/mol. The molecule has 112 valence electrons. The van der Waals surface area contributed by atoms with Crippen molar-refractivity contribution < 1.29 is 8.42 Å². The lowest BCUT2D eigenvalue weighted by atomic mass is 10.0. The van der Waals surface area contributed by atoms with Crippen molar-refractivity contribution >= 4 is 10.2 Å². The lowest BCUT2D eigenvalue weighted by Gasteiger charge is -2.27. The molecule has 6 heteroatoms. The fourth-order valence-electron chi connectivity index (χ4n) is 2.70. The Labute approximate surface area is 121 Å². The minimum Gasteiger partial charge on any atom is -0.262 e. The van der Waals surface area contributed by atoms with Crippen molar-refractivity contribution in [1.82, 2.24) is 13.6 Å². The first kappa shape index (κ1) is 15.4. The molecule has 1 aliphatic rings. The summed E-state index contributed by atoms with van der Waals surface area (Å²) in [7, 11) is -0.0956. The maximum Gasteiger partial charge on any atom is 0.281 e. The Morgan fingerprint density at radius 2 is 2.20 bits per heavy atom. The van der Waals surface area contributed by atoms with E-state index in [1.165, 1.54) is 9.87 Å². The molecule has 0 aromatic carbocycles. The van der Waals surface area contributed by atoms with Gasteiger partial charge in [-0.15, -0.1) is 0 Å². The molecule has 1 fully saturated rings. The summed E-state index contributed by atoms with van der Waals surface area (Å²) in [5.41, 5.74) is 2.23. The van der Waals surface area contributed by atoms with Crippen molar-refractivity contribution in [2.75, 3.05) is 20.6 Å². The number of aromatic nitrogens is 1. The summed E-state index contributed by atoms with van der Waals surface area (Å²) in [6.45, 7) is 2.61. The Balaban J connectivity index is 2.02. The van der Waals surface area contributed by atoms with Gasteiger partial charge in [0, 0.05) is 38.6 Å². The molecule has 0 radical (unpaired) electrons. The van der Waals surface area contributed by atoms with Crippen LogP contribution in [0.3, 0.4) is 0 Å². The van der Waals surface area contributed by atoms with Gasteiger partial charge >= 0.3 is 0 Å². The van der Waals surface area contributed by atoms with Gasteiger partial charge < -0.3 is 0 Å². The van der Waals surface area contributed by atoms with E-state index in [4.69, 9.17) is 0 Å². The monoisotopic (exact) mass is 297 g/mol. The van der Waals surface area contributed by atoms with Gasteiger partial charge in [0.1, 0.15) is 0 Å². The molecule has 1 atom stereocenters. The topological polar surface area (TPSA) is 53.5 Å². The molecule has 0 saturated carbocycles. The van der Waals surface area contributed by atoms with E-state index in [0.717, 1.165) is 31.4 Å². The summed E-state index contributed by atoms with van der Waals surface area (Å²) < 4.78 is 27.5. The first-order chi connectivity index (χ1) is 9.41. The fourth-order valence-corrected chi connectivity index (χ4v) is 4.07. The van der Waals surface area contributed by atoms with Crippen molar-refractivity contribution in [3.63, 3.8) is 0 Å². The second kappa shape index (κ2) is 6.20. The number of hydrogen-bond acceptors (Lipinski definition) is 3. The average Bonchev–Trinajstić information content (AvgIpc) is 2.85. The largest absolute Gasteiger partial charge is 0.281 e. The van der Waals surface area contributed by atoms with Crippen LogP contribution in [0.2, 0.25) is 0 Å². The van der Waals surface area contributed by atoms with Crippen LogP contribution in [0.4, 0.5) is 0 Å². The second-order valence-corrected chi connectivity index (χ2v) is 7.64. The van der Waals surface area contributed by atoms with E-state index in [1.54, 1.807) is 18.4 Å². The normalized spacial score (nSPS) is 20.7. The molecule has 1 aliphatic heterocycles. The summed E-state index contributed by atoms with van der Waals surface area (Å²) in [4.78, 5) is 4.18. The Kier molecular flexibility index (Phi) is 4.78. The molecule has 0 N–H and O–H groups in total. The van der Waals surface area contributed by atoms with Gasteiger partial charge in [-0.3, -0.25) is 4.98 Å². The van der Waals surface area contributed by atoms with Crippen LogP contribution in [0.5, 0.6) is 0 Å². The van der Waals surface area contributed by atoms with Gasteiger partial charge in [-0.05, 0) is 50.3 Å². The third-order valence-electron chi connectivity index (χ3n) is 3.81. The van der Waals surface area contributed by atoms with Crippen LogP contribution in [-0.4, -0.2) is 48.7 Å². The molecular formula is C14H23N3O2S. The lowest BCUT2D eigenvalue weighted by molar-refractivity contribution is 0.343. The molecule has 0 spiro atoms. The lowest BCUT2D eigenvalue weighted by Crippen LogP contribution is -2.42. The van der Waals surface area contributed by atoms with E-state index in [2.05, 4.69) is 11.1 Å². The predicted octanol–water partition coefficient (Wildman–Crippen LogP) is 1.59. The highest BCUT2D eigenvalue weighted by Crippen LogP contribution is 2.25. The zero-order valence-corrected chi connectivity index (χ0v) is 13.2. The standard InChI is InChI=1S/C14H23N3O2S/c1-12-11-13(8-9-15-12)6-7-14-5-4-10-17(14)20(18,19)16(2)3/h8-9,11,14H,4-7,10H2,1-3H3. The van der Waals surface area contributed by atoms with E-state index in [0.29, 0.717) is 6.54 Å². The molecule has 1 saturated heterocycles. The van der Waals surface area contributed by atoms with Gasteiger partial charge in [-0.2, -0.15) is 17.0 Å². The van der Waals surface area contributed by atoms with Crippen molar-refractivity contribution in [1.29, 1.82) is 0 Å². The van der Waals surface area contributed by atoms with Crippen LogP contribution < -0.4 is 0 Å².